The number of rotatable bonds is 6. The smallest absolute Gasteiger partial charge is 0.170 e. The summed E-state index contributed by atoms with van der Waals surface area (Å²) in [5.74, 6) is 0.901. The number of benzene rings is 2. The Morgan fingerprint density at radius 2 is 2.04 bits per heavy atom. The molecule has 122 valence electrons. The molecule has 23 heavy (non-hydrogen) atoms. The number of hydrogen-bond donors (Lipinski definition) is 2. The van der Waals surface area contributed by atoms with E-state index in [2.05, 4.69) is 51.7 Å². The summed E-state index contributed by atoms with van der Waals surface area (Å²) >= 11 is 8.82. The summed E-state index contributed by atoms with van der Waals surface area (Å²) in [4.78, 5) is 0. The van der Waals surface area contributed by atoms with E-state index < -0.39 is 0 Å². The Hall–Kier alpha value is -1.59. The molecule has 2 aromatic carbocycles. The van der Waals surface area contributed by atoms with Crippen LogP contribution >= 0.6 is 28.1 Å². The molecule has 2 rings (SSSR count). The number of aryl methyl sites for hydroxylation is 2. The first-order valence-corrected chi connectivity index (χ1v) is 8.72. The van der Waals surface area contributed by atoms with Gasteiger partial charge in [0.25, 0.3) is 0 Å². The van der Waals surface area contributed by atoms with E-state index in [0.717, 1.165) is 35.3 Å². The van der Waals surface area contributed by atoms with Gasteiger partial charge in [0.1, 0.15) is 5.75 Å². The van der Waals surface area contributed by atoms with E-state index >= 15 is 0 Å². The van der Waals surface area contributed by atoms with Crippen LogP contribution < -0.4 is 15.4 Å². The third kappa shape index (κ3) is 5.84. The molecule has 0 atom stereocenters. The van der Waals surface area contributed by atoms with Crippen molar-refractivity contribution in [2.75, 3.05) is 19.0 Å². The van der Waals surface area contributed by atoms with Crippen molar-refractivity contribution >= 4 is 38.9 Å². The van der Waals surface area contributed by atoms with Crippen molar-refractivity contribution in [1.82, 2.24) is 5.32 Å². The zero-order valence-electron chi connectivity index (χ0n) is 13.4. The van der Waals surface area contributed by atoms with Crippen LogP contribution in [0.15, 0.2) is 46.9 Å². The zero-order valence-corrected chi connectivity index (χ0v) is 15.8. The van der Waals surface area contributed by atoms with Crippen molar-refractivity contribution in [3.63, 3.8) is 0 Å². The van der Waals surface area contributed by atoms with Crippen molar-refractivity contribution in [2.24, 2.45) is 0 Å². The molecule has 2 N–H and O–H groups in total. The second-order valence-corrected chi connectivity index (χ2v) is 6.56. The quantitative estimate of drug-likeness (QED) is 0.551. The van der Waals surface area contributed by atoms with Gasteiger partial charge in [-0.2, -0.15) is 0 Å². The van der Waals surface area contributed by atoms with Gasteiger partial charge < -0.3 is 15.4 Å². The normalized spacial score (nSPS) is 10.2. The second kappa shape index (κ2) is 8.89. The molecule has 0 unspecified atom stereocenters. The lowest BCUT2D eigenvalue weighted by Gasteiger charge is -2.11. The molecule has 0 spiro atoms. The fourth-order valence-corrected chi connectivity index (χ4v) is 2.69. The SMILES string of the molecule is COc1cccc(CCCNC(=S)Nc2ccc(Br)c(C)c2)c1. The average Bonchev–Trinajstić information content (AvgIpc) is 2.55. The van der Waals surface area contributed by atoms with E-state index in [-0.39, 0.29) is 0 Å². The summed E-state index contributed by atoms with van der Waals surface area (Å²) in [5, 5.41) is 7.10. The number of halogens is 1. The minimum Gasteiger partial charge on any atom is -0.497 e. The van der Waals surface area contributed by atoms with Gasteiger partial charge >= 0.3 is 0 Å². The van der Waals surface area contributed by atoms with Crippen LogP contribution in [-0.2, 0) is 6.42 Å². The second-order valence-electron chi connectivity index (χ2n) is 5.30. The van der Waals surface area contributed by atoms with Crippen LogP contribution in [0.5, 0.6) is 5.75 Å². The van der Waals surface area contributed by atoms with Crippen molar-refractivity contribution < 1.29 is 4.74 Å². The molecular weight excluding hydrogens is 372 g/mol. The fraction of sp³-hybridized carbons (Fsp3) is 0.278. The van der Waals surface area contributed by atoms with Crippen LogP contribution in [0.3, 0.4) is 0 Å². The van der Waals surface area contributed by atoms with E-state index in [9.17, 15) is 0 Å². The highest BCUT2D eigenvalue weighted by Gasteiger charge is 2.01. The summed E-state index contributed by atoms with van der Waals surface area (Å²) in [5.41, 5.74) is 3.44. The van der Waals surface area contributed by atoms with E-state index in [1.54, 1.807) is 7.11 Å². The summed E-state index contributed by atoms with van der Waals surface area (Å²) in [6, 6.07) is 14.2. The van der Waals surface area contributed by atoms with Gasteiger partial charge in [0, 0.05) is 16.7 Å². The molecule has 5 heteroatoms. The Labute approximate surface area is 151 Å². The maximum absolute atomic E-state index is 5.33. The molecule has 0 saturated carbocycles. The number of ether oxygens (including phenoxy) is 1. The Bertz CT molecular complexity index is 676. The Morgan fingerprint density at radius 3 is 2.78 bits per heavy atom. The van der Waals surface area contributed by atoms with Gasteiger partial charge in [-0.15, -0.1) is 0 Å². The van der Waals surface area contributed by atoms with E-state index in [1.807, 2.05) is 24.3 Å². The largest absolute Gasteiger partial charge is 0.497 e. The molecule has 0 aliphatic carbocycles. The molecule has 0 bridgehead atoms. The zero-order chi connectivity index (χ0) is 16.7. The molecular formula is C18H21BrN2OS. The number of nitrogens with one attached hydrogen (secondary N) is 2. The summed E-state index contributed by atoms with van der Waals surface area (Å²) in [7, 11) is 1.69. The predicted molar refractivity (Wildman–Crippen MR) is 104 cm³/mol. The minimum absolute atomic E-state index is 0.650. The van der Waals surface area contributed by atoms with Gasteiger partial charge in [-0.3, -0.25) is 0 Å². The highest BCUT2D eigenvalue weighted by molar-refractivity contribution is 9.10. The van der Waals surface area contributed by atoms with Crippen molar-refractivity contribution in [2.45, 2.75) is 19.8 Å². The fourth-order valence-electron chi connectivity index (χ4n) is 2.22. The van der Waals surface area contributed by atoms with Crippen LogP contribution in [0.2, 0.25) is 0 Å². The molecule has 0 aliphatic rings. The van der Waals surface area contributed by atoms with Crippen molar-refractivity contribution in [3.8, 4) is 5.75 Å². The molecule has 3 nitrogen and oxygen atoms in total. The van der Waals surface area contributed by atoms with Crippen molar-refractivity contribution in [3.05, 3.63) is 58.1 Å². The summed E-state index contributed by atoms with van der Waals surface area (Å²) in [6.07, 6.45) is 2.00. The van der Waals surface area contributed by atoms with Gasteiger partial charge in [0.15, 0.2) is 5.11 Å². The van der Waals surface area contributed by atoms with Gasteiger partial charge in [-0.05, 0) is 73.4 Å². The van der Waals surface area contributed by atoms with Gasteiger partial charge in [0.05, 0.1) is 7.11 Å². The van der Waals surface area contributed by atoms with Gasteiger partial charge in [-0.25, -0.2) is 0 Å². The van der Waals surface area contributed by atoms with Crippen LogP contribution in [-0.4, -0.2) is 18.8 Å². The number of methoxy groups -OCH3 is 1. The van der Waals surface area contributed by atoms with Crippen LogP contribution in [0.4, 0.5) is 5.69 Å². The first-order valence-electron chi connectivity index (χ1n) is 7.52. The van der Waals surface area contributed by atoms with E-state index in [0.29, 0.717) is 5.11 Å². The Morgan fingerprint density at radius 1 is 1.22 bits per heavy atom. The average molecular weight is 393 g/mol. The van der Waals surface area contributed by atoms with Crippen LogP contribution in [0, 0.1) is 6.92 Å². The van der Waals surface area contributed by atoms with E-state index in [1.165, 1.54) is 11.1 Å². The predicted octanol–water partition coefficient (Wildman–Crippen LogP) is 4.69. The Balaban J connectivity index is 1.73. The summed E-state index contributed by atoms with van der Waals surface area (Å²) < 4.78 is 6.33. The highest BCUT2D eigenvalue weighted by atomic mass is 79.9. The standard InChI is InChI=1S/C18H21BrN2OS/c1-13-11-15(8-9-17(13)19)21-18(23)20-10-4-6-14-5-3-7-16(12-14)22-2/h3,5,7-9,11-12H,4,6,10H2,1-2H3,(H2,20,21,23). The number of anilines is 1. The van der Waals surface area contributed by atoms with Gasteiger partial charge in [0.2, 0.25) is 0 Å². The molecule has 2 aromatic rings. The summed E-state index contributed by atoms with van der Waals surface area (Å²) in [6.45, 7) is 2.89. The number of hydrogen-bond acceptors (Lipinski definition) is 2. The lowest BCUT2D eigenvalue weighted by molar-refractivity contribution is 0.414. The third-order valence-corrected chi connectivity index (χ3v) is 4.61. The van der Waals surface area contributed by atoms with Crippen molar-refractivity contribution in [1.29, 1.82) is 0 Å². The maximum atomic E-state index is 5.33. The van der Waals surface area contributed by atoms with Gasteiger partial charge in [-0.1, -0.05) is 28.1 Å². The molecule has 0 heterocycles. The lowest BCUT2D eigenvalue weighted by atomic mass is 10.1. The molecule has 0 radical (unpaired) electrons. The molecule has 0 amide bonds. The molecule has 0 aliphatic heterocycles. The topological polar surface area (TPSA) is 33.3 Å². The van der Waals surface area contributed by atoms with Crippen LogP contribution in [0.25, 0.3) is 0 Å². The molecule has 0 aromatic heterocycles. The molecule has 0 fully saturated rings. The van der Waals surface area contributed by atoms with E-state index in [4.69, 9.17) is 17.0 Å². The molecule has 0 saturated heterocycles. The minimum atomic E-state index is 0.650. The maximum Gasteiger partial charge on any atom is 0.170 e. The first kappa shape index (κ1) is 17.8. The number of thiocarbonyl (C=S) groups is 1. The first-order chi connectivity index (χ1) is 11.1. The lowest BCUT2D eigenvalue weighted by Crippen LogP contribution is -2.29. The highest BCUT2D eigenvalue weighted by Crippen LogP contribution is 2.19. The third-order valence-electron chi connectivity index (χ3n) is 3.48. The Kier molecular flexibility index (Phi) is 6.86. The monoisotopic (exact) mass is 392 g/mol. The van der Waals surface area contributed by atoms with Crippen LogP contribution in [0.1, 0.15) is 17.5 Å².